The molecule has 8 heteroatoms. The Morgan fingerprint density at radius 2 is 1.83 bits per heavy atom. The average molecular weight is 497 g/mol. The monoisotopic (exact) mass is 496 g/mol. The molecule has 1 amide bonds. The molecule has 1 aliphatic carbocycles. The molecule has 1 saturated heterocycles. The van der Waals surface area contributed by atoms with Gasteiger partial charge in [-0.05, 0) is 64.8 Å². The molecule has 0 radical (unpaired) electrons. The van der Waals surface area contributed by atoms with Gasteiger partial charge in [0.15, 0.2) is 0 Å². The van der Waals surface area contributed by atoms with E-state index in [9.17, 15) is 9.59 Å². The van der Waals surface area contributed by atoms with Crippen molar-refractivity contribution in [1.29, 1.82) is 0 Å². The summed E-state index contributed by atoms with van der Waals surface area (Å²) in [6, 6.07) is 6.23. The van der Waals surface area contributed by atoms with Crippen molar-refractivity contribution in [3.63, 3.8) is 0 Å². The molecule has 2 fully saturated rings. The molecule has 1 saturated carbocycles. The molecular weight excluding hydrogens is 456 g/mol. The Kier molecular flexibility index (Phi) is 8.05. The van der Waals surface area contributed by atoms with E-state index in [0.29, 0.717) is 22.9 Å². The third-order valence-corrected chi connectivity index (χ3v) is 7.25. The van der Waals surface area contributed by atoms with Gasteiger partial charge in [0.1, 0.15) is 11.9 Å². The van der Waals surface area contributed by atoms with Crippen LogP contribution in [-0.2, 0) is 11.3 Å². The summed E-state index contributed by atoms with van der Waals surface area (Å²) in [4.78, 5) is 30.9. The molecule has 4 rings (SSSR count). The summed E-state index contributed by atoms with van der Waals surface area (Å²) in [7, 11) is 0. The normalized spacial score (nSPS) is 24.2. The van der Waals surface area contributed by atoms with E-state index in [0.717, 1.165) is 55.0 Å². The average Bonchev–Trinajstić information content (AvgIpc) is 2.76. The number of hydrogen-bond acceptors (Lipinski definition) is 6. The van der Waals surface area contributed by atoms with Crippen LogP contribution in [-0.4, -0.2) is 59.8 Å². The second kappa shape index (κ2) is 11.0. The van der Waals surface area contributed by atoms with Crippen LogP contribution < -0.4 is 20.9 Å². The van der Waals surface area contributed by atoms with Gasteiger partial charge in [0.2, 0.25) is 0 Å². The van der Waals surface area contributed by atoms with Crippen LogP contribution in [0.25, 0.3) is 0 Å². The van der Waals surface area contributed by atoms with Gasteiger partial charge in [0, 0.05) is 73.6 Å². The van der Waals surface area contributed by atoms with E-state index in [2.05, 4.69) is 34.4 Å². The van der Waals surface area contributed by atoms with Gasteiger partial charge in [-0.25, -0.2) is 0 Å². The molecule has 1 aromatic heterocycles. The van der Waals surface area contributed by atoms with Crippen molar-refractivity contribution in [2.24, 2.45) is 0 Å². The summed E-state index contributed by atoms with van der Waals surface area (Å²) in [5, 5.41) is 6.28. The molecule has 2 unspecified atom stereocenters. The summed E-state index contributed by atoms with van der Waals surface area (Å²) >= 11 is 0. The first kappa shape index (κ1) is 26.2. The van der Waals surface area contributed by atoms with E-state index in [1.807, 2.05) is 45.9 Å². The Labute approximate surface area is 213 Å². The quantitative estimate of drug-likeness (QED) is 0.516. The zero-order valence-corrected chi connectivity index (χ0v) is 22.4. The maximum atomic E-state index is 13.2. The number of carbonyl (C=O) groups is 1. The first-order valence-corrected chi connectivity index (χ1v) is 13.1. The van der Waals surface area contributed by atoms with Crippen molar-refractivity contribution in [1.82, 2.24) is 15.2 Å². The van der Waals surface area contributed by atoms with E-state index in [-0.39, 0.29) is 36.3 Å². The summed E-state index contributed by atoms with van der Waals surface area (Å²) in [5.74, 6) is 0.470. The number of aromatic nitrogens is 1. The Bertz CT molecular complexity index is 1140. The van der Waals surface area contributed by atoms with E-state index < -0.39 is 0 Å². The zero-order valence-electron chi connectivity index (χ0n) is 22.4. The summed E-state index contributed by atoms with van der Waals surface area (Å²) in [6.07, 6.45) is 2.59. The molecule has 0 spiro atoms. The third kappa shape index (κ3) is 5.93. The molecule has 196 valence electrons. The Balaban J connectivity index is 1.44. The number of H-pyrrole nitrogens is 1. The fourth-order valence-corrected chi connectivity index (χ4v) is 5.37. The lowest BCUT2D eigenvalue weighted by Crippen LogP contribution is -2.56. The zero-order chi connectivity index (χ0) is 26.0. The molecule has 3 N–H and O–H groups in total. The topological polar surface area (TPSA) is 95.7 Å². The van der Waals surface area contributed by atoms with Crippen LogP contribution in [0.15, 0.2) is 23.0 Å². The molecule has 2 aliphatic rings. The predicted octanol–water partition coefficient (Wildman–Crippen LogP) is 3.68. The Hall–Kier alpha value is -2.84. The Morgan fingerprint density at radius 1 is 1.14 bits per heavy atom. The maximum Gasteiger partial charge on any atom is 0.253 e. The van der Waals surface area contributed by atoms with Gasteiger partial charge in [-0.3, -0.25) is 14.5 Å². The van der Waals surface area contributed by atoms with Crippen molar-refractivity contribution >= 4 is 11.6 Å². The number of aromatic amines is 1. The number of benzene rings is 1. The molecule has 2 heterocycles. The van der Waals surface area contributed by atoms with Gasteiger partial charge in [-0.2, -0.15) is 0 Å². The number of rotatable bonds is 8. The lowest BCUT2D eigenvalue weighted by atomic mass is 9.87. The van der Waals surface area contributed by atoms with Crippen LogP contribution in [0, 0.1) is 20.8 Å². The highest BCUT2D eigenvalue weighted by atomic mass is 16.5. The number of ether oxygens (including phenoxy) is 2. The Morgan fingerprint density at radius 3 is 2.47 bits per heavy atom. The second-order valence-corrected chi connectivity index (χ2v) is 10.4. The highest BCUT2D eigenvalue weighted by Gasteiger charge is 2.38. The van der Waals surface area contributed by atoms with Crippen molar-refractivity contribution in [3.8, 4) is 5.75 Å². The standard InChI is InChI=1S/C28H40N4O4/c1-7-29-26-12-23(36-22-9-21(10-22)32-14-18(4)35-19(5)15-32)11-24(20(26)6)27(33)30-13-25-16(2)8-17(3)31-28(25)34/h8,11-12,18-19,21-22,29H,7,9-10,13-15H2,1-6H3,(H,30,33)(H,31,34). The molecule has 2 aromatic rings. The van der Waals surface area contributed by atoms with Crippen LogP contribution in [0.4, 0.5) is 5.69 Å². The van der Waals surface area contributed by atoms with Crippen molar-refractivity contribution in [2.45, 2.75) is 85.3 Å². The summed E-state index contributed by atoms with van der Waals surface area (Å²) in [5.41, 5.74) is 4.37. The SMILES string of the molecule is CCNc1cc(OC2CC(N3CC(C)OC(C)C3)C2)cc(C(=O)NCc2c(C)cc(C)[nH]c2=O)c1C. The molecule has 0 bridgehead atoms. The molecule has 8 nitrogen and oxygen atoms in total. The van der Waals surface area contributed by atoms with Crippen LogP contribution in [0.5, 0.6) is 5.75 Å². The highest BCUT2D eigenvalue weighted by Crippen LogP contribution is 2.34. The molecule has 36 heavy (non-hydrogen) atoms. The lowest BCUT2D eigenvalue weighted by molar-refractivity contribution is -0.103. The summed E-state index contributed by atoms with van der Waals surface area (Å²) < 4.78 is 12.2. The van der Waals surface area contributed by atoms with E-state index >= 15 is 0 Å². The number of pyridine rings is 1. The fraction of sp³-hybridized carbons (Fsp3) is 0.571. The lowest BCUT2D eigenvalue weighted by Gasteiger charge is -2.46. The molecule has 1 aliphatic heterocycles. The highest BCUT2D eigenvalue weighted by molar-refractivity contribution is 5.97. The first-order valence-electron chi connectivity index (χ1n) is 13.1. The number of carbonyl (C=O) groups excluding carboxylic acids is 1. The maximum absolute atomic E-state index is 13.2. The number of hydrogen-bond donors (Lipinski definition) is 3. The van der Waals surface area contributed by atoms with Gasteiger partial charge in [0.25, 0.3) is 11.5 Å². The third-order valence-electron chi connectivity index (χ3n) is 7.25. The van der Waals surface area contributed by atoms with Gasteiger partial charge in [-0.1, -0.05) is 0 Å². The minimum absolute atomic E-state index is 0.130. The van der Waals surface area contributed by atoms with Crippen LogP contribution in [0.3, 0.4) is 0 Å². The fourth-order valence-electron chi connectivity index (χ4n) is 5.37. The van der Waals surface area contributed by atoms with Crippen LogP contribution >= 0.6 is 0 Å². The molecule has 2 atom stereocenters. The number of amides is 1. The van der Waals surface area contributed by atoms with Crippen molar-refractivity contribution in [3.05, 3.63) is 56.5 Å². The van der Waals surface area contributed by atoms with Gasteiger partial charge >= 0.3 is 0 Å². The predicted molar refractivity (Wildman–Crippen MR) is 142 cm³/mol. The number of nitrogens with zero attached hydrogens (tertiary/aromatic N) is 1. The number of anilines is 1. The molecule has 1 aromatic carbocycles. The van der Waals surface area contributed by atoms with Crippen molar-refractivity contribution < 1.29 is 14.3 Å². The largest absolute Gasteiger partial charge is 0.490 e. The first-order chi connectivity index (χ1) is 17.1. The smallest absolute Gasteiger partial charge is 0.253 e. The molecular formula is C28H40N4O4. The minimum Gasteiger partial charge on any atom is -0.490 e. The van der Waals surface area contributed by atoms with Crippen LogP contribution in [0.2, 0.25) is 0 Å². The number of nitrogens with one attached hydrogen (secondary N) is 3. The van der Waals surface area contributed by atoms with E-state index in [4.69, 9.17) is 9.47 Å². The number of aryl methyl sites for hydroxylation is 2. The summed E-state index contributed by atoms with van der Waals surface area (Å²) in [6.45, 7) is 14.8. The second-order valence-electron chi connectivity index (χ2n) is 10.4. The van der Waals surface area contributed by atoms with Gasteiger partial charge in [0.05, 0.1) is 12.2 Å². The van der Waals surface area contributed by atoms with E-state index in [1.165, 1.54) is 0 Å². The van der Waals surface area contributed by atoms with Crippen LogP contribution in [0.1, 0.15) is 66.4 Å². The van der Waals surface area contributed by atoms with Gasteiger partial charge in [-0.15, -0.1) is 0 Å². The van der Waals surface area contributed by atoms with Gasteiger partial charge < -0.3 is 25.1 Å². The minimum atomic E-state index is -0.223. The van der Waals surface area contributed by atoms with E-state index in [1.54, 1.807) is 0 Å². The number of morpholine rings is 1. The van der Waals surface area contributed by atoms with Crippen molar-refractivity contribution in [2.75, 3.05) is 25.0 Å².